The van der Waals surface area contributed by atoms with Crippen LogP contribution >= 0.6 is 0 Å². The summed E-state index contributed by atoms with van der Waals surface area (Å²) in [6, 6.07) is 22.7. The number of aromatic nitrogens is 1. The van der Waals surface area contributed by atoms with Crippen LogP contribution in [-0.2, 0) is 20.7 Å². The molecule has 0 bridgehead atoms. The van der Waals surface area contributed by atoms with Gasteiger partial charge in [-0.05, 0) is 62.2 Å². The fourth-order valence-electron chi connectivity index (χ4n) is 4.22. The van der Waals surface area contributed by atoms with Crippen LogP contribution in [0.4, 0.5) is 17.4 Å². The average molecular weight is 558 g/mol. The van der Waals surface area contributed by atoms with Gasteiger partial charge < -0.3 is 29.6 Å². The van der Waals surface area contributed by atoms with Crippen LogP contribution < -0.4 is 15.4 Å². The van der Waals surface area contributed by atoms with Crippen molar-refractivity contribution in [2.24, 2.45) is 5.92 Å². The smallest absolute Gasteiger partial charge is 0.306 e. The summed E-state index contributed by atoms with van der Waals surface area (Å²) in [5.41, 5.74) is 2.78. The van der Waals surface area contributed by atoms with E-state index in [4.69, 9.17) is 19.0 Å². The van der Waals surface area contributed by atoms with Gasteiger partial charge in [-0.1, -0.05) is 36.4 Å². The highest BCUT2D eigenvalue weighted by Crippen LogP contribution is 2.24. The maximum atomic E-state index is 12.8. The fourth-order valence-corrected chi connectivity index (χ4v) is 4.22. The van der Waals surface area contributed by atoms with Gasteiger partial charge in [0.15, 0.2) is 5.58 Å². The highest BCUT2D eigenvalue weighted by Gasteiger charge is 2.24. The highest BCUT2D eigenvalue weighted by molar-refractivity contribution is 5.93. The maximum Gasteiger partial charge on any atom is 0.306 e. The number of anilines is 3. The number of nitrogens with one attached hydrogen (secondary N) is 2. The van der Waals surface area contributed by atoms with Crippen molar-refractivity contribution in [2.45, 2.75) is 38.7 Å². The van der Waals surface area contributed by atoms with Gasteiger partial charge in [-0.2, -0.15) is 4.98 Å². The fraction of sp³-hybridized carbons (Fsp3) is 0.281. The van der Waals surface area contributed by atoms with E-state index in [1.54, 1.807) is 32.1 Å². The second kappa shape index (κ2) is 13.6. The Bertz CT molecular complexity index is 1480. The zero-order chi connectivity index (χ0) is 29.2. The molecule has 3 aromatic carbocycles. The van der Waals surface area contributed by atoms with E-state index < -0.39 is 11.6 Å². The Morgan fingerprint density at radius 1 is 1.05 bits per heavy atom. The molecule has 1 heterocycles. The van der Waals surface area contributed by atoms with E-state index in [1.165, 1.54) is 0 Å². The van der Waals surface area contributed by atoms with Gasteiger partial charge in [-0.3, -0.25) is 9.59 Å². The molecule has 9 nitrogen and oxygen atoms in total. The first-order chi connectivity index (χ1) is 19.7. The molecule has 0 saturated carbocycles. The second-order valence-electron chi connectivity index (χ2n) is 10.4. The summed E-state index contributed by atoms with van der Waals surface area (Å²) in [4.78, 5) is 28.3. The van der Waals surface area contributed by atoms with Crippen LogP contribution in [0.5, 0.6) is 5.75 Å². The predicted molar refractivity (Wildman–Crippen MR) is 159 cm³/mol. The Kier molecular flexibility index (Phi) is 9.76. The third kappa shape index (κ3) is 9.22. The molecule has 0 aliphatic rings. The first-order valence-electron chi connectivity index (χ1n) is 13.4. The number of benzene rings is 3. The Hall–Kier alpha value is -4.63. The molecule has 4 rings (SSSR count). The summed E-state index contributed by atoms with van der Waals surface area (Å²) in [6.07, 6.45) is 2.51. The second-order valence-corrected chi connectivity index (χ2v) is 10.4. The van der Waals surface area contributed by atoms with Crippen molar-refractivity contribution in [3.05, 3.63) is 91.0 Å². The molecule has 0 spiro atoms. The zero-order valence-corrected chi connectivity index (χ0v) is 23.3. The summed E-state index contributed by atoms with van der Waals surface area (Å²) < 4.78 is 17.7. The minimum Gasteiger partial charge on any atom is -0.493 e. The summed E-state index contributed by atoms with van der Waals surface area (Å²) in [7, 11) is 0. The van der Waals surface area contributed by atoms with Crippen molar-refractivity contribution in [2.75, 3.05) is 23.8 Å². The number of aliphatic carboxylic acids is 1. The van der Waals surface area contributed by atoms with E-state index in [2.05, 4.69) is 22.2 Å². The molecule has 1 aromatic heterocycles. The van der Waals surface area contributed by atoms with Crippen LogP contribution in [0.1, 0.15) is 32.3 Å². The molecule has 0 aliphatic carbocycles. The number of hydrogen-bond donors (Lipinski definition) is 3. The van der Waals surface area contributed by atoms with Crippen molar-refractivity contribution in [1.82, 2.24) is 4.98 Å². The van der Waals surface area contributed by atoms with Crippen LogP contribution in [0.2, 0.25) is 0 Å². The number of allylic oxidation sites excluding steroid dienone is 1. The van der Waals surface area contributed by atoms with E-state index in [0.717, 1.165) is 11.3 Å². The van der Waals surface area contributed by atoms with Crippen LogP contribution in [0.3, 0.4) is 0 Å². The lowest BCUT2D eigenvalue weighted by molar-refractivity contribution is -0.144. The third-order valence-corrected chi connectivity index (χ3v) is 6.23. The standard InChI is InChI=1S/C32H35N3O6/c1-4-9-23(21-40-32(2,3)19-30(37)38)20-39-26-13-8-12-25(18-26)33-29(36)17-22-14-15-27-28(16-22)41-31(35-27)34-24-10-6-5-7-11-24/h4-8,10-16,18,23H,1,9,17,19-21H2,2-3H3,(H,33,36)(H,34,35)(H,37,38)/t23-/m0/s1. The summed E-state index contributed by atoms with van der Waals surface area (Å²) >= 11 is 0. The van der Waals surface area contributed by atoms with Gasteiger partial charge in [0, 0.05) is 23.4 Å². The van der Waals surface area contributed by atoms with Gasteiger partial charge in [-0.25, -0.2) is 0 Å². The SMILES string of the molecule is C=CC[C@@H](COc1cccc(NC(=O)Cc2ccc3nc(Nc4ccccc4)oc3c2)c1)COC(C)(C)CC(=O)O. The molecule has 1 amide bonds. The lowest BCUT2D eigenvalue weighted by atomic mass is 10.0. The van der Waals surface area contributed by atoms with Crippen LogP contribution in [0, 0.1) is 5.92 Å². The molecule has 0 saturated heterocycles. The number of amides is 1. The van der Waals surface area contributed by atoms with E-state index >= 15 is 0 Å². The van der Waals surface area contributed by atoms with Crippen LogP contribution in [0.15, 0.2) is 89.9 Å². The minimum absolute atomic E-state index is 0.00627. The molecule has 4 aromatic rings. The topological polar surface area (TPSA) is 123 Å². The number of fused-ring (bicyclic) bond motifs is 1. The summed E-state index contributed by atoms with van der Waals surface area (Å²) in [5, 5.41) is 15.1. The van der Waals surface area contributed by atoms with Gasteiger partial charge in [0.2, 0.25) is 5.91 Å². The van der Waals surface area contributed by atoms with Crippen molar-refractivity contribution in [3.8, 4) is 5.75 Å². The molecule has 3 N–H and O–H groups in total. The number of carbonyl (C=O) groups excluding carboxylic acids is 1. The molecule has 41 heavy (non-hydrogen) atoms. The Morgan fingerprint density at radius 3 is 2.59 bits per heavy atom. The number of rotatable bonds is 15. The Balaban J connectivity index is 1.31. The first kappa shape index (κ1) is 29.4. The predicted octanol–water partition coefficient (Wildman–Crippen LogP) is 6.59. The van der Waals surface area contributed by atoms with E-state index in [9.17, 15) is 9.59 Å². The van der Waals surface area contributed by atoms with Crippen molar-refractivity contribution in [1.29, 1.82) is 0 Å². The van der Waals surface area contributed by atoms with Gasteiger partial charge >= 0.3 is 5.97 Å². The molecule has 9 heteroatoms. The molecular formula is C32H35N3O6. The van der Waals surface area contributed by atoms with Crippen molar-refractivity contribution >= 4 is 40.4 Å². The van der Waals surface area contributed by atoms with E-state index in [0.29, 0.717) is 48.2 Å². The summed E-state index contributed by atoms with van der Waals surface area (Å²) in [6.45, 7) is 7.99. The first-order valence-corrected chi connectivity index (χ1v) is 13.4. The molecular weight excluding hydrogens is 522 g/mol. The number of para-hydroxylation sites is 1. The van der Waals surface area contributed by atoms with Crippen molar-refractivity contribution in [3.63, 3.8) is 0 Å². The van der Waals surface area contributed by atoms with Crippen LogP contribution in [-0.4, -0.2) is 40.8 Å². The molecule has 0 fully saturated rings. The molecule has 1 atom stereocenters. The highest BCUT2D eigenvalue weighted by atomic mass is 16.5. The number of carboxylic acid groups (broad SMARTS) is 1. The lowest BCUT2D eigenvalue weighted by Crippen LogP contribution is -2.31. The maximum absolute atomic E-state index is 12.8. The molecule has 0 radical (unpaired) electrons. The van der Waals surface area contributed by atoms with Gasteiger partial charge in [0.1, 0.15) is 11.3 Å². The van der Waals surface area contributed by atoms with Gasteiger partial charge in [-0.15, -0.1) is 6.58 Å². The molecule has 214 valence electrons. The number of carboxylic acids is 1. The normalized spacial score (nSPS) is 12.0. The number of carbonyl (C=O) groups is 2. The van der Waals surface area contributed by atoms with Gasteiger partial charge in [0.25, 0.3) is 6.01 Å². The van der Waals surface area contributed by atoms with E-state index in [1.807, 2.05) is 60.7 Å². The number of hydrogen-bond acceptors (Lipinski definition) is 7. The van der Waals surface area contributed by atoms with E-state index in [-0.39, 0.29) is 24.7 Å². The summed E-state index contributed by atoms with van der Waals surface area (Å²) in [5.74, 6) is -0.493. The Morgan fingerprint density at radius 2 is 1.83 bits per heavy atom. The van der Waals surface area contributed by atoms with Crippen molar-refractivity contribution < 1.29 is 28.6 Å². The number of nitrogens with zero attached hydrogens (tertiary/aromatic N) is 1. The minimum atomic E-state index is -0.908. The monoisotopic (exact) mass is 557 g/mol. The van der Waals surface area contributed by atoms with Gasteiger partial charge in [0.05, 0.1) is 31.7 Å². The molecule has 0 unspecified atom stereocenters. The zero-order valence-electron chi connectivity index (χ0n) is 23.3. The lowest BCUT2D eigenvalue weighted by Gasteiger charge is -2.26. The molecule has 0 aliphatic heterocycles. The average Bonchev–Trinajstić information content (AvgIpc) is 3.31. The largest absolute Gasteiger partial charge is 0.493 e. The third-order valence-electron chi connectivity index (χ3n) is 6.23. The quantitative estimate of drug-likeness (QED) is 0.140. The number of oxazole rings is 1. The number of ether oxygens (including phenoxy) is 2. The van der Waals surface area contributed by atoms with Crippen LogP contribution in [0.25, 0.3) is 11.1 Å². The Labute approximate surface area is 239 Å².